The Morgan fingerprint density at radius 2 is 1.86 bits per heavy atom. The van der Waals surface area contributed by atoms with E-state index in [9.17, 15) is 8.42 Å². The normalized spacial score (nSPS) is 14.0. The maximum Gasteiger partial charge on any atom is 0.239 e. The minimum atomic E-state index is -3.67. The largest absolute Gasteiger partial charge is 0.239 e. The fourth-order valence-electron chi connectivity index (χ4n) is 0.978. The van der Waals surface area contributed by atoms with Crippen molar-refractivity contribution >= 4 is 42.9 Å². The van der Waals surface area contributed by atoms with Crippen molar-refractivity contribution in [1.82, 2.24) is 0 Å². The first-order chi connectivity index (χ1) is 6.32. The highest BCUT2D eigenvalue weighted by atomic mass is 35.7. The third kappa shape index (κ3) is 2.76. The van der Waals surface area contributed by atoms with Crippen LogP contribution in [-0.2, 0) is 9.05 Å². The summed E-state index contributed by atoms with van der Waals surface area (Å²) in [5.41, 5.74) is 0.411. The van der Waals surface area contributed by atoms with Crippen molar-refractivity contribution in [3.63, 3.8) is 0 Å². The van der Waals surface area contributed by atoms with Crippen LogP contribution in [0.4, 0.5) is 0 Å². The van der Waals surface area contributed by atoms with E-state index in [0.717, 1.165) is 0 Å². The summed E-state index contributed by atoms with van der Waals surface area (Å²) in [6.45, 7) is 1.46. The van der Waals surface area contributed by atoms with Crippen LogP contribution in [0.25, 0.3) is 0 Å². The molecule has 6 heteroatoms. The summed E-state index contributed by atoms with van der Waals surface area (Å²) in [5, 5.41) is -0.0990. The van der Waals surface area contributed by atoms with E-state index in [1.165, 1.54) is 19.1 Å². The van der Waals surface area contributed by atoms with Crippen molar-refractivity contribution in [2.24, 2.45) is 0 Å². The van der Waals surface area contributed by atoms with Crippen molar-refractivity contribution in [3.8, 4) is 0 Å². The van der Waals surface area contributed by atoms with Crippen LogP contribution in [0.5, 0.6) is 0 Å². The molecule has 0 aromatic heterocycles. The van der Waals surface area contributed by atoms with Crippen LogP contribution >= 0.6 is 33.9 Å². The van der Waals surface area contributed by atoms with Gasteiger partial charge in [-0.1, -0.05) is 23.2 Å². The second-order valence-electron chi connectivity index (χ2n) is 2.78. The summed E-state index contributed by atoms with van der Waals surface area (Å²) in [7, 11) is 1.55. The van der Waals surface area contributed by atoms with E-state index in [0.29, 0.717) is 15.6 Å². The first kappa shape index (κ1) is 12.1. The summed E-state index contributed by atoms with van der Waals surface area (Å²) >= 11 is 11.5. The Kier molecular flexibility index (Phi) is 3.69. The van der Waals surface area contributed by atoms with Gasteiger partial charge in [-0.25, -0.2) is 8.42 Å². The van der Waals surface area contributed by atoms with Crippen molar-refractivity contribution in [2.45, 2.75) is 12.2 Å². The molecule has 0 fully saturated rings. The van der Waals surface area contributed by atoms with Gasteiger partial charge in [0, 0.05) is 20.7 Å². The molecule has 0 saturated carbocycles. The standard InChI is InChI=1S/C8H7Cl3O2S/c1-5(14(11,12)13)7-4-6(9)2-3-8(7)10/h2-5H,1H3. The average molecular weight is 274 g/mol. The number of hydrogen-bond donors (Lipinski definition) is 0. The van der Waals surface area contributed by atoms with E-state index in [4.69, 9.17) is 33.9 Å². The lowest BCUT2D eigenvalue weighted by molar-refractivity contribution is 0.600. The zero-order valence-electron chi connectivity index (χ0n) is 7.17. The minimum Gasteiger partial charge on any atom is -0.212 e. The van der Waals surface area contributed by atoms with Gasteiger partial charge >= 0.3 is 0 Å². The molecule has 0 saturated heterocycles. The molecule has 0 heterocycles. The van der Waals surface area contributed by atoms with Gasteiger partial charge in [0.2, 0.25) is 9.05 Å². The van der Waals surface area contributed by atoms with Crippen LogP contribution in [-0.4, -0.2) is 8.42 Å². The lowest BCUT2D eigenvalue weighted by atomic mass is 10.2. The smallest absolute Gasteiger partial charge is 0.212 e. The molecular weight excluding hydrogens is 267 g/mol. The van der Waals surface area contributed by atoms with Crippen molar-refractivity contribution in [1.29, 1.82) is 0 Å². The van der Waals surface area contributed by atoms with Gasteiger partial charge < -0.3 is 0 Å². The molecule has 0 radical (unpaired) electrons. The molecular formula is C8H7Cl3O2S. The van der Waals surface area contributed by atoms with Crippen LogP contribution in [0, 0.1) is 0 Å². The van der Waals surface area contributed by atoms with Crippen LogP contribution in [0.1, 0.15) is 17.7 Å². The summed E-state index contributed by atoms with van der Waals surface area (Å²) in [6, 6.07) is 4.62. The van der Waals surface area contributed by atoms with Gasteiger partial charge in [0.05, 0.1) is 5.25 Å². The van der Waals surface area contributed by atoms with Crippen molar-refractivity contribution < 1.29 is 8.42 Å². The number of rotatable bonds is 2. The fraction of sp³-hybridized carbons (Fsp3) is 0.250. The van der Waals surface area contributed by atoms with Crippen LogP contribution in [0.3, 0.4) is 0 Å². The molecule has 78 valence electrons. The highest BCUT2D eigenvalue weighted by Gasteiger charge is 2.22. The molecule has 0 amide bonds. The van der Waals surface area contributed by atoms with E-state index < -0.39 is 14.3 Å². The zero-order valence-corrected chi connectivity index (χ0v) is 10.3. The monoisotopic (exact) mass is 272 g/mol. The molecule has 0 N–H and O–H groups in total. The predicted octanol–water partition coefficient (Wildman–Crippen LogP) is 3.62. The third-order valence-corrected chi connectivity index (χ3v) is 4.30. The molecule has 0 bridgehead atoms. The molecule has 2 nitrogen and oxygen atoms in total. The zero-order chi connectivity index (χ0) is 10.9. The van der Waals surface area contributed by atoms with Gasteiger partial charge in [-0.2, -0.15) is 0 Å². The summed E-state index contributed by atoms with van der Waals surface area (Å²) in [4.78, 5) is 0. The molecule has 0 aliphatic carbocycles. The minimum absolute atomic E-state index is 0.339. The molecule has 14 heavy (non-hydrogen) atoms. The lowest BCUT2D eigenvalue weighted by Crippen LogP contribution is -2.03. The average Bonchev–Trinajstić information content (AvgIpc) is 2.06. The van der Waals surface area contributed by atoms with Gasteiger partial charge in [0.1, 0.15) is 0 Å². The number of hydrogen-bond acceptors (Lipinski definition) is 2. The summed E-state index contributed by atoms with van der Waals surface area (Å²) in [5.74, 6) is 0. The molecule has 0 aliphatic heterocycles. The molecule has 1 aromatic carbocycles. The Bertz CT molecular complexity index is 442. The maximum absolute atomic E-state index is 11.1. The summed E-state index contributed by atoms with van der Waals surface area (Å²) < 4.78 is 22.1. The first-order valence-electron chi connectivity index (χ1n) is 3.71. The highest BCUT2D eigenvalue weighted by Crippen LogP contribution is 2.32. The fourth-order valence-corrected chi connectivity index (χ4v) is 2.29. The third-order valence-electron chi connectivity index (χ3n) is 1.82. The Hall–Kier alpha value is 0.0400. The second kappa shape index (κ2) is 4.27. The molecule has 1 atom stereocenters. The lowest BCUT2D eigenvalue weighted by Gasteiger charge is -2.10. The molecule has 0 spiro atoms. The first-order valence-corrected chi connectivity index (χ1v) is 6.83. The topological polar surface area (TPSA) is 34.1 Å². The van der Waals surface area contributed by atoms with E-state index in [1.807, 2.05) is 0 Å². The second-order valence-corrected chi connectivity index (χ2v) is 6.58. The van der Waals surface area contributed by atoms with E-state index in [2.05, 4.69) is 0 Å². The summed E-state index contributed by atoms with van der Waals surface area (Å²) in [6.07, 6.45) is 0. The molecule has 1 aromatic rings. The van der Waals surface area contributed by atoms with Gasteiger partial charge in [0.15, 0.2) is 0 Å². The van der Waals surface area contributed by atoms with Crippen LogP contribution in [0.2, 0.25) is 10.0 Å². The molecule has 0 aliphatic rings. The van der Waals surface area contributed by atoms with Gasteiger partial charge in [-0.15, -0.1) is 0 Å². The Morgan fingerprint density at radius 3 is 2.36 bits per heavy atom. The molecule has 1 unspecified atom stereocenters. The van der Waals surface area contributed by atoms with Gasteiger partial charge in [-0.05, 0) is 30.7 Å². The quantitative estimate of drug-likeness (QED) is 0.771. The van der Waals surface area contributed by atoms with E-state index >= 15 is 0 Å². The Labute approximate surface area is 97.2 Å². The number of benzene rings is 1. The van der Waals surface area contributed by atoms with E-state index in [-0.39, 0.29) is 0 Å². The SMILES string of the molecule is CC(c1cc(Cl)ccc1Cl)S(=O)(=O)Cl. The van der Waals surface area contributed by atoms with Gasteiger partial charge in [0.25, 0.3) is 0 Å². The maximum atomic E-state index is 11.1. The highest BCUT2D eigenvalue weighted by molar-refractivity contribution is 8.13. The Balaban J connectivity index is 3.26. The van der Waals surface area contributed by atoms with E-state index in [1.54, 1.807) is 6.07 Å². The van der Waals surface area contributed by atoms with Crippen LogP contribution < -0.4 is 0 Å². The van der Waals surface area contributed by atoms with Gasteiger partial charge in [-0.3, -0.25) is 0 Å². The number of halogens is 3. The molecule has 1 rings (SSSR count). The Morgan fingerprint density at radius 1 is 1.29 bits per heavy atom. The van der Waals surface area contributed by atoms with Crippen molar-refractivity contribution in [2.75, 3.05) is 0 Å². The van der Waals surface area contributed by atoms with Crippen LogP contribution in [0.15, 0.2) is 18.2 Å². The van der Waals surface area contributed by atoms with Crippen molar-refractivity contribution in [3.05, 3.63) is 33.8 Å². The predicted molar refractivity (Wildman–Crippen MR) is 59.6 cm³/mol.